The number of nitrogens with zero attached hydrogens (tertiary/aromatic N) is 3. The maximum Gasteiger partial charge on any atom is 0.416 e. The highest BCUT2D eigenvalue weighted by Gasteiger charge is 2.36. The number of rotatable bonds is 8. The van der Waals surface area contributed by atoms with Crippen LogP contribution < -0.4 is 5.32 Å². The molecule has 0 fully saturated rings. The zero-order chi connectivity index (χ0) is 28.3. The van der Waals surface area contributed by atoms with E-state index in [1.54, 1.807) is 12.1 Å². The summed E-state index contributed by atoms with van der Waals surface area (Å²) in [5.41, 5.74) is 0.138. The second-order valence-corrected chi connectivity index (χ2v) is 8.85. The lowest BCUT2D eigenvalue weighted by molar-refractivity contribution is -0.384. The van der Waals surface area contributed by atoms with E-state index in [2.05, 4.69) is 10.4 Å². The van der Waals surface area contributed by atoms with Crippen LogP contribution in [0.1, 0.15) is 41.8 Å². The molecule has 10 nitrogen and oxygen atoms in total. The molecule has 3 aromatic rings. The molecule has 0 radical (unpaired) electrons. The molecule has 0 aliphatic carbocycles. The Bertz CT molecular complexity index is 1400. The molecule has 1 aliphatic heterocycles. The number of alkyl halides is 3. The van der Waals surface area contributed by atoms with E-state index >= 15 is 0 Å². The molecule has 0 bridgehead atoms. The molecule has 1 N–H and O–H groups in total. The van der Waals surface area contributed by atoms with Gasteiger partial charge in [-0.1, -0.05) is 29.8 Å². The number of hydrazone groups is 1. The SMILES string of the molecule is Cc1ccc(C2=NN(C(=O)COC(=O)[C@@H](C)Nc3ccc(C(F)(F)F)cc3[N+](=O)[O-])[C@H](c3ccco3)C2)cc1. The lowest BCUT2D eigenvalue weighted by Crippen LogP contribution is -2.34. The summed E-state index contributed by atoms with van der Waals surface area (Å²) in [6.07, 6.45) is -2.94. The van der Waals surface area contributed by atoms with Crippen LogP contribution in [0.4, 0.5) is 24.5 Å². The minimum atomic E-state index is -4.78. The van der Waals surface area contributed by atoms with Crippen molar-refractivity contribution in [2.45, 2.75) is 38.5 Å². The first-order chi connectivity index (χ1) is 18.4. The van der Waals surface area contributed by atoms with E-state index < -0.39 is 52.9 Å². The third kappa shape index (κ3) is 6.25. The summed E-state index contributed by atoms with van der Waals surface area (Å²) in [4.78, 5) is 35.9. The van der Waals surface area contributed by atoms with Crippen molar-refractivity contribution in [3.05, 3.63) is 93.4 Å². The first kappa shape index (κ1) is 27.4. The fraction of sp³-hybridized carbons (Fsp3) is 0.269. The molecule has 13 heteroatoms. The van der Waals surface area contributed by atoms with E-state index in [1.807, 2.05) is 31.2 Å². The number of amides is 1. The Balaban J connectivity index is 1.44. The van der Waals surface area contributed by atoms with Crippen LogP contribution in [0.25, 0.3) is 0 Å². The van der Waals surface area contributed by atoms with Crippen molar-refractivity contribution < 1.29 is 36.8 Å². The van der Waals surface area contributed by atoms with Gasteiger partial charge in [0.15, 0.2) is 6.61 Å². The van der Waals surface area contributed by atoms with E-state index in [4.69, 9.17) is 9.15 Å². The lowest BCUT2D eigenvalue weighted by Gasteiger charge is -2.20. The van der Waals surface area contributed by atoms with Gasteiger partial charge in [0.2, 0.25) is 0 Å². The maximum absolute atomic E-state index is 13.0. The van der Waals surface area contributed by atoms with Gasteiger partial charge in [-0.05, 0) is 43.7 Å². The van der Waals surface area contributed by atoms with E-state index in [0.29, 0.717) is 30.0 Å². The van der Waals surface area contributed by atoms with Gasteiger partial charge in [-0.2, -0.15) is 18.3 Å². The Morgan fingerprint density at radius 2 is 1.95 bits per heavy atom. The maximum atomic E-state index is 13.0. The summed E-state index contributed by atoms with van der Waals surface area (Å²) >= 11 is 0. The quantitative estimate of drug-likeness (QED) is 0.234. The van der Waals surface area contributed by atoms with Gasteiger partial charge in [-0.3, -0.25) is 14.9 Å². The van der Waals surface area contributed by atoms with Crippen LogP contribution in [-0.2, 0) is 20.5 Å². The second-order valence-electron chi connectivity index (χ2n) is 8.85. The molecule has 0 spiro atoms. The number of esters is 1. The molecule has 2 aromatic carbocycles. The molecule has 0 saturated heterocycles. The van der Waals surface area contributed by atoms with E-state index in [-0.39, 0.29) is 5.69 Å². The van der Waals surface area contributed by atoms with Crippen LogP contribution in [0.3, 0.4) is 0 Å². The summed E-state index contributed by atoms with van der Waals surface area (Å²) < 4.78 is 49.4. The third-order valence-corrected chi connectivity index (χ3v) is 6.01. The summed E-state index contributed by atoms with van der Waals surface area (Å²) in [6.45, 7) is 2.55. The number of ether oxygens (including phenoxy) is 1. The normalized spacial score (nSPS) is 16.0. The molecular formula is C26H23F3N4O6. The van der Waals surface area contributed by atoms with Crippen molar-refractivity contribution in [3.8, 4) is 0 Å². The van der Waals surface area contributed by atoms with Gasteiger partial charge < -0.3 is 14.5 Å². The highest BCUT2D eigenvalue weighted by atomic mass is 19.4. The minimum Gasteiger partial charge on any atom is -0.467 e. The largest absolute Gasteiger partial charge is 0.467 e. The molecule has 0 saturated carbocycles. The number of nitrogens with one attached hydrogen (secondary N) is 1. The molecule has 1 aliphatic rings. The second kappa shape index (κ2) is 11.0. The predicted molar refractivity (Wildman–Crippen MR) is 133 cm³/mol. The first-order valence-electron chi connectivity index (χ1n) is 11.7. The van der Waals surface area contributed by atoms with Crippen molar-refractivity contribution in [1.82, 2.24) is 5.01 Å². The Labute approximate surface area is 220 Å². The van der Waals surface area contributed by atoms with E-state index in [9.17, 15) is 32.9 Å². The molecule has 4 rings (SSSR count). The third-order valence-electron chi connectivity index (χ3n) is 6.01. The number of nitro benzene ring substituents is 1. The van der Waals surface area contributed by atoms with Gasteiger partial charge in [-0.25, -0.2) is 9.80 Å². The fourth-order valence-electron chi connectivity index (χ4n) is 3.96. The molecule has 1 aromatic heterocycles. The van der Waals surface area contributed by atoms with Gasteiger partial charge in [0.1, 0.15) is 23.5 Å². The number of furan rings is 1. The fourth-order valence-corrected chi connectivity index (χ4v) is 3.96. The van der Waals surface area contributed by atoms with Gasteiger partial charge in [0.25, 0.3) is 11.6 Å². The number of hydrogen-bond donors (Lipinski definition) is 1. The van der Waals surface area contributed by atoms with Crippen LogP contribution >= 0.6 is 0 Å². The Kier molecular flexibility index (Phi) is 7.70. The first-order valence-corrected chi connectivity index (χ1v) is 11.7. The number of halogens is 3. The zero-order valence-electron chi connectivity index (χ0n) is 20.8. The smallest absolute Gasteiger partial charge is 0.416 e. The molecule has 2 atom stereocenters. The van der Waals surface area contributed by atoms with Crippen LogP contribution in [0.15, 0.2) is 70.4 Å². The van der Waals surface area contributed by atoms with Gasteiger partial charge in [-0.15, -0.1) is 0 Å². The number of nitro groups is 1. The summed E-state index contributed by atoms with van der Waals surface area (Å²) in [7, 11) is 0. The predicted octanol–water partition coefficient (Wildman–Crippen LogP) is 5.24. The van der Waals surface area contributed by atoms with Crippen molar-refractivity contribution in [3.63, 3.8) is 0 Å². The van der Waals surface area contributed by atoms with Crippen LogP contribution in [-0.4, -0.2) is 40.2 Å². The highest BCUT2D eigenvalue weighted by Crippen LogP contribution is 2.36. The summed E-state index contributed by atoms with van der Waals surface area (Å²) in [5, 5.41) is 19.4. The summed E-state index contributed by atoms with van der Waals surface area (Å²) in [6, 6.07) is 11.1. The summed E-state index contributed by atoms with van der Waals surface area (Å²) in [5.74, 6) is -1.10. The number of benzene rings is 2. The number of hydrogen-bond acceptors (Lipinski definition) is 8. The average Bonchev–Trinajstić information content (AvgIpc) is 3.57. The van der Waals surface area contributed by atoms with Crippen LogP contribution in [0.2, 0.25) is 0 Å². The average molecular weight is 544 g/mol. The van der Waals surface area contributed by atoms with Crippen molar-refractivity contribution in [2.75, 3.05) is 11.9 Å². The molecule has 39 heavy (non-hydrogen) atoms. The minimum absolute atomic E-state index is 0.312. The Morgan fingerprint density at radius 3 is 2.56 bits per heavy atom. The van der Waals surface area contributed by atoms with Gasteiger partial charge in [0, 0.05) is 12.5 Å². The molecule has 0 unspecified atom stereocenters. The number of carbonyl (C=O) groups is 2. The molecular weight excluding hydrogens is 521 g/mol. The van der Waals surface area contributed by atoms with Crippen molar-refractivity contribution >= 4 is 29.0 Å². The van der Waals surface area contributed by atoms with Gasteiger partial charge in [0.05, 0.1) is 22.5 Å². The molecule has 1 amide bonds. The number of anilines is 1. The topological polar surface area (TPSA) is 127 Å². The van der Waals surface area contributed by atoms with E-state index in [0.717, 1.165) is 17.2 Å². The Hall–Kier alpha value is -4.68. The number of carbonyl (C=O) groups excluding carboxylic acids is 2. The van der Waals surface area contributed by atoms with Crippen molar-refractivity contribution in [2.24, 2.45) is 5.10 Å². The van der Waals surface area contributed by atoms with E-state index in [1.165, 1.54) is 18.2 Å². The number of aryl methyl sites for hydroxylation is 1. The van der Waals surface area contributed by atoms with Gasteiger partial charge >= 0.3 is 12.1 Å². The highest BCUT2D eigenvalue weighted by molar-refractivity contribution is 6.03. The molecule has 204 valence electrons. The zero-order valence-corrected chi connectivity index (χ0v) is 20.8. The van der Waals surface area contributed by atoms with Crippen LogP contribution in [0.5, 0.6) is 0 Å². The Morgan fingerprint density at radius 1 is 1.23 bits per heavy atom. The molecule has 2 heterocycles. The van der Waals surface area contributed by atoms with Crippen LogP contribution in [0, 0.1) is 17.0 Å². The van der Waals surface area contributed by atoms with Crippen molar-refractivity contribution in [1.29, 1.82) is 0 Å². The lowest BCUT2D eigenvalue weighted by atomic mass is 10.0. The monoisotopic (exact) mass is 544 g/mol. The standard InChI is InChI=1S/C26H23F3N4O6/c1-15-5-7-17(8-6-15)20-13-22(23-4-3-11-38-23)32(31-20)24(34)14-39-25(35)16(2)30-19-10-9-18(26(27,28)29)12-21(19)33(36)37/h3-12,16,22,30H,13-14H2,1-2H3/t16-,22+/m1/s1.